The van der Waals surface area contributed by atoms with E-state index in [0.29, 0.717) is 22.8 Å². The molecule has 0 radical (unpaired) electrons. The molecule has 9 nitrogen and oxygen atoms in total. The number of rotatable bonds is 7. The highest BCUT2D eigenvalue weighted by Gasteiger charge is 2.24. The monoisotopic (exact) mass is 403 g/mol. The Hall–Kier alpha value is -3.24. The summed E-state index contributed by atoms with van der Waals surface area (Å²) in [7, 11) is -1.04. The van der Waals surface area contributed by atoms with Gasteiger partial charge in [0.1, 0.15) is 11.4 Å². The van der Waals surface area contributed by atoms with Crippen LogP contribution < -0.4 is 4.74 Å². The lowest BCUT2D eigenvalue weighted by Gasteiger charge is -2.15. The quantitative estimate of drug-likeness (QED) is 0.440. The molecule has 0 fully saturated rings. The average molecular weight is 403 g/mol. The summed E-state index contributed by atoms with van der Waals surface area (Å²) in [4.78, 5) is 10.1. The summed E-state index contributed by atoms with van der Waals surface area (Å²) < 4.78 is 37.0. The third kappa shape index (κ3) is 3.87. The highest BCUT2D eigenvalue weighted by atomic mass is 32.2. The SMILES string of the molecule is COc1ccccc1-c1cc(CN(C)S(=O)(=O)c2cccc([N+](=O)[O-])c2)on1. The molecule has 0 aliphatic heterocycles. The second-order valence-corrected chi connectivity index (χ2v) is 7.94. The van der Waals surface area contributed by atoms with Gasteiger partial charge in [-0.05, 0) is 18.2 Å². The van der Waals surface area contributed by atoms with Crippen LogP contribution in [0.15, 0.2) is 64.0 Å². The maximum Gasteiger partial charge on any atom is 0.270 e. The maximum atomic E-state index is 12.7. The number of nitro groups is 1. The number of hydrogen-bond donors (Lipinski definition) is 0. The van der Waals surface area contributed by atoms with Crippen LogP contribution in [-0.4, -0.2) is 37.0 Å². The predicted molar refractivity (Wildman–Crippen MR) is 100 cm³/mol. The van der Waals surface area contributed by atoms with E-state index in [9.17, 15) is 18.5 Å². The fourth-order valence-electron chi connectivity index (χ4n) is 2.61. The van der Waals surface area contributed by atoms with Crippen molar-refractivity contribution in [2.24, 2.45) is 0 Å². The number of non-ortho nitro benzene ring substituents is 1. The van der Waals surface area contributed by atoms with Gasteiger partial charge < -0.3 is 9.26 Å². The molecule has 146 valence electrons. The topological polar surface area (TPSA) is 116 Å². The van der Waals surface area contributed by atoms with Crippen LogP contribution in [0.1, 0.15) is 5.76 Å². The van der Waals surface area contributed by atoms with Crippen LogP contribution in [0.25, 0.3) is 11.3 Å². The van der Waals surface area contributed by atoms with Gasteiger partial charge in [-0.15, -0.1) is 0 Å². The van der Waals surface area contributed by atoms with Gasteiger partial charge in [-0.3, -0.25) is 10.1 Å². The average Bonchev–Trinajstić information content (AvgIpc) is 3.16. The van der Waals surface area contributed by atoms with Crippen molar-refractivity contribution in [3.63, 3.8) is 0 Å². The van der Waals surface area contributed by atoms with E-state index >= 15 is 0 Å². The summed E-state index contributed by atoms with van der Waals surface area (Å²) in [5, 5.41) is 14.9. The summed E-state index contributed by atoms with van der Waals surface area (Å²) in [5.74, 6) is 0.928. The number of nitrogens with zero attached hydrogens (tertiary/aromatic N) is 3. The molecule has 10 heteroatoms. The van der Waals surface area contributed by atoms with Crippen LogP contribution in [-0.2, 0) is 16.6 Å². The Morgan fingerprint density at radius 1 is 1.18 bits per heavy atom. The van der Waals surface area contributed by atoms with E-state index in [1.165, 1.54) is 25.2 Å². The Morgan fingerprint density at radius 2 is 1.93 bits per heavy atom. The van der Waals surface area contributed by atoms with Crippen molar-refractivity contribution >= 4 is 15.7 Å². The highest BCUT2D eigenvalue weighted by molar-refractivity contribution is 7.89. The van der Waals surface area contributed by atoms with Crippen molar-refractivity contribution in [2.45, 2.75) is 11.4 Å². The van der Waals surface area contributed by atoms with E-state index in [2.05, 4.69) is 5.16 Å². The largest absolute Gasteiger partial charge is 0.496 e. The first-order valence-electron chi connectivity index (χ1n) is 8.12. The van der Waals surface area contributed by atoms with E-state index in [0.717, 1.165) is 10.4 Å². The molecule has 0 bridgehead atoms. The van der Waals surface area contributed by atoms with Gasteiger partial charge in [0.05, 0.1) is 23.5 Å². The number of nitro benzene ring substituents is 1. The van der Waals surface area contributed by atoms with Crippen LogP contribution in [0, 0.1) is 10.1 Å². The van der Waals surface area contributed by atoms with Gasteiger partial charge in [0.15, 0.2) is 5.76 Å². The summed E-state index contributed by atoms with van der Waals surface area (Å²) in [6.45, 7) is -0.0901. The van der Waals surface area contributed by atoms with Gasteiger partial charge in [-0.2, -0.15) is 4.31 Å². The van der Waals surface area contributed by atoms with Crippen LogP contribution in [0.2, 0.25) is 0 Å². The Labute approximate surface area is 161 Å². The number of para-hydroxylation sites is 1. The summed E-state index contributed by atoms with van der Waals surface area (Å²) in [6.07, 6.45) is 0. The molecule has 0 saturated heterocycles. The third-order valence-electron chi connectivity index (χ3n) is 4.06. The molecule has 1 heterocycles. The minimum Gasteiger partial charge on any atom is -0.496 e. The smallest absolute Gasteiger partial charge is 0.270 e. The second kappa shape index (κ2) is 7.79. The molecule has 1 aromatic heterocycles. The zero-order chi connectivity index (χ0) is 20.3. The van der Waals surface area contributed by atoms with E-state index in [1.54, 1.807) is 19.2 Å². The van der Waals surface area contributed by atoms with Gasteiger partial charge in [0, 0.05) is 30.8 Å². The molecular weight excluding hydrogens is 386 g/mol. The molecule has 0 N–H and O–H groups in total. The zero-order valence-corrected chi connectivity index (χ0v) is 15.9. The first-order chi connectivity index (χ1) is 13.3. The fraction of sp³-hybridized carbons (Fsp3) is 0.167. The van der Waals surface area contributed by atoms with Crippen molar-refractivity contribution in [1.82, 2.24) is 9.46 Å². The van der Waals surface area contributed by atoms with Crippen molar-refractivity contribution in [1.29, 1.82) is 0 Å². The van der Waals surface area contributed by atoms with Gasteiger partial charge in [0.2, 0.25) is 10.0 Å². The normalized spacial score (nSPS) is 11.5. The molecule has 0 aliphatic rings. The first kappa shape index (κ1) is 19.5. The molecule has 0 spiro atoms. The van der Waals surface area contributed by atoms with E-state index in [-0.39, 0.29) is 17.1 Å². The van der Waals surface area contributed by atoms with E-state index in [4.69, 9.17) is 9.26 Å². The number of benzene rings is 2. The van der Waals surface area contributed by atoms with Crippen LogP contribution in [0.4, 0.5) is 5.69 Å². The Morgan fingerprint density at radius 3 is 2.64 bits per heavy atom. The summed E-state index contributed by atoms with van der Waals surface area (Å²) >= 11 is 0. The standard InChI is InChI=1S/C18H17N3O6S/c1-20(28(24,25)15-7-5-6-13(10-15)21(22)23)12-14-11-17(19-27-14)16-8-3-4-9-18(16)26-2/h3-11H,12H2,1-2H3. The molecule has 3 aromatic rings. The molecule has 0 unspecified atom stereocenters. The Kier molecular flexibility index (Phi) is 5.43. The fourth-order valence-corrected chi connectivity index (χ4v) is 3.79. The molecule has 0 aliphatic carbocycles. The molecule has 3 rings (SSSR count). The summed E-state index contributed by atoms with van der Waals surface area (Å²) in [5.41, 5.74) is 0.922. The lowest BCUT2D eigenvalue weighted by Crippen LogP contribution is -2.26. The molecule has 2 aromatic carbocycles. The van der Waals surface area contributed by atoms with Gasteiger partial charge in [-0.1, -0.05) is 23.4 Å². The first-order valence-corrected chi connectivity index (χ1v) is 9.56. The molecule has 0 amide bonds. The van der Waals surface area contributed by atoms with Crippen molar-refractivity contribution in [2.75, 3.05) is 14.2 Å². The number of methoxy groups -OCH3 is 1. The highest BCUT2D eigenvalue weighted by Crippen LogP contribution is 2.29. The predicted octanol–water partition coefficient (Wildman–Crippen LogP) is 3.08. The molecular formula is C18H17N3O6S. The van der Waals surface area contributed by atoms with Crippen LogP contribution in [0.3, 0.4) is 0 Å². The van der Waals surface area contributed by atoms with Gasteiger partial charge in [-0.25, -0.2) is 8.42 Å². The van der Waals surface area contributed by atoms with Crippen LogP contribution in [0.5, 0.6) is 5.75 Å². The summed E-state index contributed by atoms with van der Waals surface area (Å²) in [6, 6.07) is 13.7. The molecule has 28 heavy (non-hydrogen) atoms. The van der Waals surface area contributed by atoms with Gasteiger partial charge >= 0.3 is 0 Å². The van der Waals surface area contributed by atoms with Crippen molar-refractivity contribution < 1.29 is 22.6 Å². The van der Waals surface area contributed by atoms with Crippen molar-refractivity contribution in [3.05, 3.63) is 70.5 Å². The number of hydrogen-bond acceptors (Lipinski definition) is 7. The maximum absolute atomic E-state index is 12.7. The van der Waals surface area contributed by atoms with E-state index in [1.807, 2.05) is 18.2 Å². The Balaban J connectivity index is 1.83. The lowest BCUT2D eigenvalue weighted by molar-refractivity contribution is -0.385. The number of sulfonamides is 1. The van der Waals surface area contributed by atoms with Gasteiger partial charge in [0.25, 0.3) is 5.69 Å². The second-order valence-electron chi connectivity index (χ2n) is 5.89. The number of ether oxygens (including phenoxy) is 1. The minimum atomic E-state index is -3.94. The van der Waals surface area contributed by atoms with Crippen LogP contribution >= 0.6 is 0 Å². The Bertz CT molecular complexity index is 1110. The molecule has 0 atom stereocenters. The third-order valence-corrected chi connectivity index (χ3v) is 5.86. The lowest BCUT2D eigenvalue weighted by atomic mass is 10.1. The van der Waals surface area contributed by atoms with E-state index < -0.39 is 14.9 Å². The molecule has 0 saturated carbocycles. The zero-order valence-electron chi connectivity index (χ0n) is 15.1. The van der Waals surface area contributed by atoms with Crippen molar-refractivity contribution in [3.8, 4) is 17.0 Å². The minimum absolute atomic E-state index is 0.0901. The number of aromatic nitrogens is 1.